The van der Waals surface area contributed by atoms with Crippen molar-refractivity contribution in [1.82, 2.24) is 0 Å². The van der Waals surface area contributed by atoms with Gasteiger partial charge < -0.3 is 39.3 Å². The van der Waals surface area contributed by atoms with E-state index in [1.54, 1.807) is 0 Å². The van der Waals surface area contributed by atoms with Crippen LogP contribution in [-0.2, 0) is 28.4 Å². The van der Waals surface area contributed by atoms with Crippen molar-refractivity contribution in [2.75, 3.05) is 86.0 Å². The maximum Gasteiger partial charge on any atom is 0.143 e. The summed E-state index contributed by atoms with van der Waals surface area (Å²) in [6, 6.07) is 0. The van der Waals surface area contributed by atoms with Gasteiger partial charge in [-0.2, -0.15) is 0 Å². The first-order valence-corrected chi connectivity index (χ1v) is 7.19. The van der Waals surface area contributed by atoms with Crippen molar-refractivity contribution in [2.24, 2.45) is 5.73 Å². The summed E-state index contributed by atoms with van der Waals surface area (Å²) < 4.78 is 31.0. The second-order valence-corrected chi connectivity index (χ2v) is 3.89. The van der Waals surface area contributed by atoms with Crippen molar-refractivity contribution in [3.05, 3.63) is 0 Å². The molecule has 0 spiro atoms. The molecule has 0 aliphatic carbocycles. The van der Waals surface area contributed by atoms with Crippen LogP contribution in [0.1, 0.15) is 0 Å². The number of aliphatic hydroxyl groups is 1. The van der Waals surface area contributed by atoms with Crippen LogP contribution in [0.4, 0.5) is 0 Å². The Morgan fingerprint density at radius 2 is 0.762 bits per heavy atom. The predicted octanol–water partition coefficient (Wildman–Crippen LogP) is -1.01. The number of hydrogen-bond acceptors (Lipinski definition) is 8. The summed E-state index contributed by atoms with van der Waals surface area (Å²) in [7, 11) is 0. The average molecular weight is 311 g/mol. The molecule has 128 valence electrons. The second kappa shape index (κ2) is 19.7. The SMILES string of the molecule is NCCOCCOCCOCCOCCOCCOCO. The summed E-state index contributed by atoms with van der Waals surface area (Å²) in [5.41, 5.74) is 5.27. The highest BCUT2D eigenvalue weighted by Gasteiger charge is 1.93. The monoisotopic (exact) mass is 311 g/mol. The van der Waals surface area contributed by atoms with Gasteiger partial charge in [-0.1, -0.05) is 0 Å². The van der Waals surface area contributed by atoms with Gasteiger partial charge in [0.25, 0.3) is 0 Å². The molecule has 0 aromatic rings. The van der Waals surface area contributed by atoms with Crippen molar-refractivity contribution in [2.45, 2.75) is 0 Å². The Morgan fingerprint density at radius 3 is 1.05 bits per heavy atom. The molecular weight excluding hydrogens is 282 g/mol. The summed E-state index contributed by atoms with van der Waals surface area (Å²) in [6.45, 7) is 5.91. The summed E-state index contributed by atoms with van der Waals surface area (Å²) in [5, 5.41) is 8.36. The van der Waals surface area contributed by atoms with Gasteiger partial charge in [0.2, 0.25) is 0 Å². The lowest BCUT2D eigenvalue weighted by molar-refractivity contribution is -0.0412. The average Bonchev–Trinajstić information content (AvgIpc) is 2.50. The zero-order valence-corrected chi connectivity index (χ0v) is 12.7. The molecule has 21 heavy (non-hydrogen) atoms. The first-order chi connectivity index (χ1) is 10.4. The van der Waals surface area contributed by atoms with Crippen LogP contribution in [0, 0.1) is 0 Å². The Bertz CT molecular complexity index is 168. The van der Waals surface area contributed by atoms with Crippen LogP contribution in [0.3, 0.4) is 0 Å². The Morgan fingerprint density at radius 1 is 0.476 bits per heavy atom. The molecule has 0 radical (unpaired) electrons. The van der Waals surface area contributed by atoms with E-state index in [9.17, 15) is 0 Å². The molecule has 0 saturated carbocycles. The van der Waals surface area contributed by atoms with Gasteiger partial charge in [0, 0.05) is 6.54 Å². The van der Waals surface area contributed by atoms with Crippen LogP contribution >= 0.6 is 0 Å². The Hall–Kier alpha value is -0.320. The maximum absolute atomic E-state index is 8.36. The Kier molecular flexibility index (Phi) is 19.4. The van der Waals surface area contributed by atoms with Gasteiger partial charge >= 0.3 is 0 Å². The lowest BCUT2D eigenvalue weighted by atomic mass is 10.6. The topological polar surface area (TPSA) is 102 Å². The maximum atomic E-state index is 8.36. The van der Waals surface area contributed by atoms with Crippen molar-refractivity contribution >= 4 is 0 Å². The van der Waals surface area contributed by atoms with Crippen molar-refractivity contribution in [3.8, 4) is 0 Å². The van der Waals surface area contributed by atoms with Gasteiger partial charge in [0.1, 0.15) is 6.79 Å². The second-order valence-electron chi connectivity index (χ2n) is 3.89. The molecule has 0 amide bonds. The van der Waals surface area contributed by atoms with Gasteiger partial charge in [-0.25, -0.2) is 0 Å². The normalized spacial score (nSPS) is 11.1. The van der Waals surface area contributed by atoms with Crippen molar-refractivity contribution in [1.29, 1.82) is 0 Å². The molecule has 0 aromatic carbocycles. The fourth-order valence-electron chi connectivity index (χ4n) is 1.25. The molecule has 8 heteroatoms. The van der Waals surface area contributed by atoms with Crippen LogP contribution in [0.15, 0.2) is 0 Å². The number of rotatable bonds is 18. The summed E-state index contributed by atoms with van der Waals surface area (Å²) in [6.07, 6.45) is 0. The number of nitrogens with two attached hydrogens (primary N) is 1. The molecule has 0 bridgehead atoms. The molecule has 0 rings (SSSR count). The molecule has 0 aliphatic rings. The molecule has 0 aromatic heterocycles. The van der Waals surface area contributed by atoms with E-state index >= 15 is 0 Å². The Labute approximate surface area is 126 Å². The minimum atomic E-state index is -0.276. The van der Waals surface area contributed by atoms with E-state index in [4.69, 9.17) is 39.3 Å². The smallest absolute Gasteiger partial charge is 0.143 e. The zero-order valence-electron chi connectivity index (χ0n) is 12.7. The van der Waals surface area contributed by atoms with Crippen molar-refractivity contribution < 1.29 is 33.5 Å². The van der Waals surface area contributed by atoms with Gasteiger partial charge in [-0.05, 0) is 0 Å². The first-order valence-electron chi connectivity index (χ1n) is 7.19. The van der Waals surface area contributed by atoms with E-state index in [1.807, 2.05) is 0 Å². The lowest BCUT2D eigenvalue weighted by Gasteiger charge is -2.07. The minimum absolute atomic E-state index is 0.276. The van der Waals surface area contributed by atoms with E-state index in [-0.39, 0.29) is 6.79 Å². The summed E-state index contributed by atoms with van der Waals surface area (Å²) >= 11 is 0. The minimum Gasteiger partial charge on any atom is -0.378 e. The highest BCUT2D eigenvalue weighted by molar-refractivity contribution is 4.36. The fraction of sp³-hybridized carbons (Fsp3) is 1.00. The van der Waals surface area contributed by atoms with Crippen LogP contribution in [0.5, 0.6) is 0 Å². The highest BCUT2D eigenvalue weighted by Crippen LogP contribution is 1.84. The number of ether oxygens (including phenoxy) is 6. The number of aliphatic hydroxyl groups excluding tert-OH is 1. The molecule has 3 N–H and O–H groups in total. The molecule has 0 saturated heterocycles. The largest absolute Gasteiger partial charge is 0.378 e. The molecule has 0 unspecified atom stereocenters. The fourth-order valence-corrected chi connectivity index (χ4v) is 1.25. The van der Waals surface area contributed by atoms with E-state index in [0.29, 0.717) is 79.2 Å². The van der Waals surface area contributed by atoms with E-state index in [2.05, 4.69) is 0 Å². The van der Waals surface area contributed by atoms with E-state index in [0.717, 1.165) is 0 Å². The highest BCUT2D eigenvalue weighted by atomic mass is 16.6. The molecular formula is C13H29NO7. The third kappa shape index (κ3) is 19.7. The van der Waals surface area contributed by atoms with E-state index in [1.165, 1.54) is 0 Å². The quantitative estimate of drug-likeness (QED) is 0.245. The van der Waals surface area contributed by atoms with Crippen molar-refractivity contribution in [3.63, 3.8) is 0 Å². The summed E-state index contributed by atoms with van der Waals surface area (Å²) in [5.74, 6) is 0. The molecule has 0 aliphatic heterocycles. The first kappa shape index (κ1) is 20.7. The number of hydrogen-bond donors (Lipinski definition) is 2. The predicted molar refractivity (Wildman–Crippen MR) is 76.2 cm³/mol. The molecule has 8 nitrogen and oxygen atoms in total. The van der Waals surface area contributed by atoms with Crippen LogP contribution in [0.2, 0.25) is 0 Å². The van der Waals surface area contributed by atoms with Crippen LogP contribution in [0.25, 0.3) is 0 Å². The summed E-state index contributed by atoms with van der Waals surface area (Å²) in [4.78, 5) is 0. The van der Waals surface area contributed by atoms with Gasteiger partial charge in [-0.3, -0.25) is 0 Å². The molecule has 0 heterocycles. The lowest BCUT2D eigenvalue weighted by Crippen LogP contribution is -2.15. The Balaban J connectivity index is 2.90. The third-order valence-corrected chi connectivity index (χ3v) is 2.21. The van der Waals surface area contributed by atoms with Gasteiger partial charge in [-0.15, -0.1) is 0 Å². The van der Waals surface area contributed by atoms with Crippen LogP contribution < -0.4 is 5.73 Å². The molecule has 0 fully saturated rings. The molecule has 0 atom stereocenters. The van der Waals surface area contributed by atoms with E-state index < -0.39 is 0 Å². The zero-order chi connectivity index (χ0) is 15.4. The van der Waals surface area contributed by atoms with Crippen LogP contribution in [-0.4, -0.2) is 91.1 Å². The van der Waals surface area contributed by atoms with Gasteiger partial charge in [0.05, 0.1) is 72.7 Å². The van der Waals surface area contributed by atoms with Gasteiger partial charge in [0.15, 0.2) is 0 Å². The third-order valence-electron chi connectivity index (χ3n) is 2.21. The standard InChI is InChI=1S/C13H29NO7/c14-1-2-16-3-4-17-5-6-18-7-8-19-9-10-20-11-12-21-13-15/h15H,1-14H2.